The Morgan fingerprint density at radius 1 is 1.35 bits per heavy atom. The number of nitrogens with zero attached hydrogens (tertiary/aromatic N) is 1. The zero-order chi connectivity index (χ0) is 12.6. The fraction of sp³-hybridized carbons (Fsp3) is 0.308. The van der Waals surface area contributed by atoms with Gasteiger partial charge in [0.1, 0.15) is 0 Å². The molecule has 0 saturated carbocycles. The van der Waals surface area contributed by atoms with E-state index in [1.165, 1.54) is 16.0 Å². The van der Waals surface area contributed by atoms with Gasteiger partial charge in [-0.05, 0) is 37.1 Å². The average molecular weight is 311 g/mol. The summed E-state index contributed by atoms with van der Waals surface area (Å²) in [5, 5.41) is 0.650. The maximum absolute atomic E-state index is 5.76. The van der Waals surface area contributed by atoms with Crippen molar-refractivity contribution < 1.29 is 0 Å². The summed E-state index contributed by atoms with van der Waals surface area (Å²) in [5.74, 6) is 0.335. The summed E-state index contributed by atoms with van der Waals surface area (Å²) in [4.78, 5) is 5.55. The van der Waals surface area contributed by atoms with E-state index >= 15 is 0 Å². The zero-order valence-corrected chi connectivity index (χ0v) is 12.5. The number of halogens is 1. The smallest absolute Gasteiger partial charge is 0.180 e. The third-order valence-corrected chi connectivity index (χ3v) is 4.61. The van der Waals surface area contributed by atoms with Crippen LogP contribution in [0, 0.1) is 13.8 Å². The van der Waals surface area contributed by atoms with E-state index in [9.17, 15) is 0 Å². The second-order valence-electron chi connectivity index (χ2n) is 4.22. The van der Waals surface area contributed by atoms with Crippen LogP contribution in [-0.2, 0) is 0 Å². The second-order valence-corrected chi connectivity index (χ2v) is 6.20. The van der Waals surface area contributed by atoms with Crippen LogP contribution in [0.1, 0.15) is 34.5 Å². The van der Waals surface area contributed by atoms with Crippen molar-refractivity contribution in [3.63, 3.8) is 0 Å². The summed E-state index contributed by atoms with van der Waals surface area (Å²) in [6.07, 6.45) is 0. The number of anilines is 1. The molecule has 1 atom stereocenters. The highest BCUT2D eigenvalue weighted by Crippen LogP contribution is 2.35. The third-order valence-electron chi connectivity index (χ3n) is 2.95. The molecule has 2 aromatic rings. The van der Waals surface area contributed by atoms with Crippen LogP contribution in [0.5, 0.6) is 0 Å². The lowest BCUT2D eigenvalue weighted by molar-refractivity contribution is 0.914. The maximum atomic E-state index is 5.76. The lowest BCUT2D eigenvalue weighted by atomic mass is 9.94. The minimum absolute atomic E-state index is 0.335. The Morgan fingerprint density at radius 2 is 2.06 bits per heavy atom. The van der Waals surface area contributed by atoms with E-state index in [4.69, 9.17) is 5.73 Å². The van der Waals surface area contributed by atoms with Gasteiger partial charge in [-0.2, -0.15) is 0 Å². The topological polar surface area (TPSA) is 38.9 Å². The molecule has 1 heterocycles. The minimum atomic E-state index is 0.335. The Hall–Kier alpha value is -0.870. The number of hydrogen-bond acceptors (Lipinski definition) is 3. The molecule has 2 nitrogen and oxygen atoms in total. The number of nitrogen functional groups attached to an aromatic ring is 1. The van der Waals surface area contributed by atoms with Crippen LogP contribution in [0.3, 0.4) is 0 Å². The largest absolute Gasteiger partial charge is 0.375 e. The second kappa shape index (κ2) is 4.78. The average Bonchev–Trinajstić information content (AvgIpc) is 2.60. The molecule has 0 radical (unpaired) electrons. The SMILES string of the molecule is Cc1ccc(Br)cc1C(C)c1sc(N)nc1C. The molecule has 0 fully saturated rings. The van der Waals surface area contributed by atoms with E-state index in [1.807, 2.05) is 6.92 Å². The Morgan fingerprint density at radius 3 is 2.65 bits per heavy atom. The molecule has 0 amide bonds. The van der Waals surface area contributed by atoms with Gasteiger partial charge < -0.3 is 5.73 Å². The Labute approximate surface area is 114 Å². The van der Waals surface area contributed by atoms with Gasteiger partial charge in [0.2, 0.25) is 0 Å². The molecule has 0 spiro atoms. The molecule has 17 heavy (non-hydrogen) atoms. The molecule has 2 N–H and O–H groups in total. The molecule has 1 aromatic heterocycles. The predicted molar refractivity (Wildman–Crippen MR) is 77.7 cm³/mol. The molecule has 2 rings (SSSR count). The summed E-state index contributed by atoms with van der Waals surface area (Å²) in [6, 6.07) is 6.38. The highest BCUT2D eigenvalue weighted by molar-refractivity contribution is 9.10. The molecular weight excluding hydrogens is 296 g/mol. The van der Waals surface area contributed by atoms with Crippen LogP contribution >= 0.6 is 27.3 Å². The van der Waals surface area contributed by atoms with Gasteiger partial charge in [-0.1, -0.05) is 28.9 Å². The van der Waals surface area contributed by atoms with E-state index < -0.39 is 0 Å². The van der Waals surface area contributed by atoms with Crippen molar-refractivity contribution in [1.82, 2.24) is 4.98 Å². The van der Waals surface area contributed by atoms with E-state index in [0.29, 0.717) is 11.0 Å². The van der Waals surface area contributed by atoms with Gasteiger partial charge in [0.15, 0.2) is 5.13 Å². The summed E-state index contributed by atoms with van der Waals surface area (Å²) < 4.78 is 1.11. The molecule has 0 aliphatic carbocycles. The van der Waals surface area contributed by atoms with Crippen molar-refractivity contribution in [2.45, 2.75) is 26.7 Å². The van der Waals surface area contributed by atoms with E-state index in [0.717, 1.165) is 10.2 Å². The van der Waals surface area contributed by atoms with Crippen LogP contribution in [-0.4, -0.2) is 4.98 Å². The number of aryl methyl sites for hydroxylation is 2. The molecule has 0 aliphatic heterocycles. The molecule has 0 saturated heterocycles. The Balaban J connectivity index is 2.46. The predicted octanol–water partition coefficient (Wildman–Crippen LogP) is 4.26. The zero-order valence-electron chi connectivity index (χ0n) is 10.1. The number of thiazole rings is 1. The van der Waals surface area contributed by atoms with Crippen LogP contribution in [0.4, 0.5) is 5.13 Å². The summed E-state index contributed by atoms with van der Waals surface area (Å²) in [6.45, 7) is 6.36. The highest BCUT2D eigenvalue weighted by atomic mass is 79.9. The van der Waals surface area contributed by atoms with Crippen molar-refractivity contribution in [2.75, 3.05) is 5.73 Å². The summed E-state index contributed by atoms with van der Waals surface area (Å²) in [7, 11) is 0. The first-order chi connectivity index (χ1) is 7.99. The summed E-state index contributed by atoms with van der Waals surface area (Å²) in [5.41, 5.74) is 9.43. The lowest BCUT2D eigenvalue weighted by Crippen LogP contribution is -1.98. The first-order valence-electron chi connectivity index (χ1n) is 5.48. The van der Waals surface area contributed by atoms with Crippen LogP contribution in [0.15, 0.2) is 22.7 Å². The fourth-order valence-electron chi connectivity index (χ4n) is 2.05. The van der Waals surface area contributed by atoms with Crippen molar-refractivity contribution in [1.29, 1.82) is 0 Å². The van der Waals surface area contributed by atoms with Gasteiger partial charge in [0.05, 0.1) is 5.69 Å². The first-order valence-corrected chi connectivity index (χ1v) is 7.09. The van der Waals surface area contributed by atoms with Crippen molar-refractivity contribution in [3.8, 4) is 0 Å². The summed E-state index contributed by atoms with van der Waals surface area (Å²) >= 11 is 5.11. The van der Waals surface area contributed by atoms with Gasteiger partial charge in [0, 0.05) is 15.3 Å². The number of benzene rings is 1. The fourth-order valence-corrected chi connectivity index (χ4v) is 3.33. The monoisotopic (exact) mass is 310 g/mol. The van der Waals surface area contributed by atoms with Gasteiger partial charge in [-0.25, -0.2) is 4.98 Å². The molecule has 0 bridgehead atoms. The van der Waals surface area contributed by atoms with E-state index in [1.54, 1.807) is 11.3 Å². The van der Waals surface area contributed by atoms with Gasteiger partial charge in [-0.3, -0.25) is 0 Å². The van der Waals surface area contributed by atoms with E-state index in [-0.39, 0.29) is 0 Å². The number of aromatic nitrogens is 1. The lowest BCUT2D eigenvalue weighted by Gasteiger charge is -2.14. The molecule has 0 aliphatic rings. The van der Waals surface area contributed by atoms with Crippen molar-refractivity contribution in [2.24, 2.45) is 0 Å². The molecule has 1 aromatic carbocycles. The minimum Gasteiger partial charge on any atom is -0.375 e. The Kier molecular flexibility index (Phi) is 3.54. The number of nitrogens with two attached hydrogens (primary N) is 1. The first kappa shape index (κ1) is 12.6. The standard InChI is InChI=1S/C13H15BrN2S/c1-7-4-5-10(14)6-11(7)8(2)12-9(3)16-13(15)17-12/h4-6,8H,1-3H3,(H2,15,16). The van der Waals surface area contributed by atoms with Crippen molar-refractivity contribution >= 4 is 32.4 Å². The van der Waals surface area contributed by atoms with Gasteiger partial charge in [0.25, 0.3) is 0 Å². The van der Waals surface area contributed by atoms with Crippen LogP contribution < -0.4 is 5.73 Å². The maximum Gasteiger partial charge on any atom is 0.180 e. The van der Waals surface area contributed by atoms with E-state index in [2.05, 4.69) is 53.0 Å². The Bertz CT molecular complexity index is 548. The molecule has 1 unspecified atom stereocenters. The highest BCUT2D eigenvalue weighted by Gasteiger charge is 2.17. The van der Waals surface area contributed by atoms with Gasteiger partial charge in [-0.15, -0.1) is 11.3 Å². The molecule has 4 heteroatoms. The van der Waals surface area contributed by atoms with Gasteiger partial charge >= 0.3 is 0 Å². The quantitative estimate of drug-likeness (QED) is 0.900. The van der Waals surface area contributed by atoms with Crippen LogP contribution in [0.25, 0.3) is 0 Å². The normalized spacial score (nSPS) is 12.7. The number of rotatable bonds is 2. The number of hydrogen-bond donors (Lipinski definition) is 1. The molecular formula is C13H15BrN2S. The van der Waals surface area contributed by atoms with Crippen molar-refractivity contribution in [3.05, 3.63) is 44.4 Å². The third kappa shape index (κ3) is 2.53. The molecule has 90 valence electrons. The van der Waals surface area contributed by atoms with Crippen LogP contribution in [0.2, 0.25) is 0 Å².